The van der Waals surface area contributed by atoms with Gasteiger partial charge >= 0.3 is 6.09 Å². The Morgan fingerprint density at radius 2 is 2.07 bits per heavy atom. The molecule has 0 bridgehead atoms. The Morgan fingerprint density at radius 1 is 1.24 bits per heavy atom. The van der Waals surface area contributed by atoms with Crippen LogP contribution in [0.1, 0.15) is 16.1 Å². The van der Waals surface area contributed by atoms with Gasteiger partial charge in [0.2, 0.25) is 0 Å². The summed E-state index contributed by atoms with van der Waals surface area (Å²) in [5, 5.41) is 12.3. The van der Waals surface area contributed by atoms with E-state index in [4.69, 9.17) is 16.3 Å². The molecule has 7 nitrogen and oxygen atoms in total. The lowest BCUT2D eigenvalue weighted by atomic mass is 10.1. The minimum absolute atomic E-state index is 0.148. The molecule has 0 unspecified atom stereocenters. The van der Waals surface area contributed by atoms with E-state index < -0.39 is 6.09 Å². The second kappa shape index (κ2) is 7.81. The van der Waals surface area contributed by atoms with E-state index in [1.807, 2.05) is 45.2 Å². The quantitative estimate of drug-likeness (QED) is 0.489. The van der Waals surface area contributed by atoms with E-state index in [0.29, 0.717) is 16.2 Å². The van der Waals surface area contributed by atoms with Gasteiger partial charge in [0.25, 0.3) is 0 Å². The molecule has 1 amide bonds. The standard InChI is InChI=1S/C20H18ClN5O2S/c1-11-8-13(21)4-6-15(11)19-22-12(2)18(29-19)10-28-20(27)23-14-5-7-17-16(9-14)24-25-26(17)3/h4-9H,10H2,1-3H3,(H,23,27). The highest BCUT2D eigenvalue weighted by Gasteiger charge is 2.14. The van der Waals surface area contributed by atoms with Crippen molar-refractivity contribution in [1.82, 2.24) is 20.0 Å². The van der Waals surface area contributed by atoms with Crippen molar-refractivity contribution >= 4 is 45.8 Å². The van der Waals surface area contributed by atoms with Gasteiger partial charge in [0, 0.05) is 23.3 Å². The maximum absolute atomic E-state index is 12.2. The molecule has 2 aromatic carbocycles. The van der Waals surface area contributed by atoms with Gasteiger partial charge in [-0.3, -0.25) is 5.32 Å². The lowest BCUT2D eigenvalue weighted by Crippen LogP contribution is -2.13. The van der Waals surface area contributed by atoms with Crippen molar-refractivity contribution in [1.29, 1.82) is 0 Å². The van der Waals surface area contributed by atoms with Gasteiger partial charge in [0.05, 0.1) is 16.1 Å². The van der Waals surface area contributed by atoms with Crippen LogP contribution in [-0.4, -0.2) is 26.1 Å². The minimum Gasteiger partial charge on any atom is -0.444 e. The van der Waals surface area contributed by atoms with Crippen LogP contribution in [0, 0.1) is 13.8 Å². The molecule has 0 aliphatic carbocycles. The van der Waals surface area contributed by atoms with Crippen molar-refractivity contribution in [3.8, 4) is 10.6 Å². The van der Waals surface area contributed by atoms with Crippen molar-refractivity contribution in [3.05, 3.63) is 57.6 Å². The molecule has 0 atom stereocenters. The highest BCUT2D eigenvalue weighted by atomic mass is 35.5. The number of aromatic nitrogens is 4. The van der Waals surface area contributed by atoms with E-state index >= 15 is 0 Å². The van der Waals surface area contributed by atoms with Crippen molar-refractivity contribution in [2.75, 3.05) is 5.32 Å². The largest absolute Gasteiger partial charge is 0.444 e. The summed E-state index contributed by atoms with van der Waals surface area (Å²) in [4.78, 5) is 17.7. The summed E-state index contributed by atoms with van der Waals surface area (Å²) in [7, 11) is 1.81. The Bertz CT molecular complexity index is 1220. The molecule has 0 aliphatic rings. The number of amides is 1. The molecule has 1 N–H and O–H groups in total. The lowest BCUT2D eigenvalue weighted by Gasteiger charge is -2.06. The van der Waals surface area contributed by atoms with E-state index in [1.54, 1.807) is 16.8 Å². The molecule has 0 spiro atoms. The molecule has 29 heavy (non-hydrogen) atoms. The second-order valence-electron chi connectivity index (χ2n) is 6.60. The molecule has 2 aromatic heterocycles. The number of ether oxygens (including phenoxy) is 1. The Kier molecular flexibility index (Phi) is 5.21. The van der Waals surface area contributed by atoms with Crippen LogP contribution in [0.15, 0.2) is 36.4 Å². The molecule has 0 radical (unpaired) electrons. The number of nitrogens with one attached hydrogen (secondary N) is 1. The van der Waals surface area contributed by atoms with Gasteiger partial charge in [0.1, 0.15) is 17.1 Å². The third kappa shape index (κ3) is 4.08. The first-order valence-corrected chi connectivity index (χ1v) is 10.1. The minimum atomic E-state index is -0.537. The second-order valence-corrected chi connectivity index (χ2v) is 8.12. The molecular weight excluding hydrogens is 410 g/mol. The molecule has 4 rings (SSSR count). The third-order valence-corrected chi connectivity index (χ3v) is 5.90. The fourth-order valence-corrected chi connectivity index (χ4v) is 4.24. The van der Waals surface area contributed by atoms with Gasteiger partial charge in [-0.1, -0.05) is 22.9 Å². The van der Waals surface area contributed by atoms with Gasteiger partial charge in [-0.15, -0.1) is 16.4 Å². The molecule has 0 fully saturated rings. The maximum atomic E-state index is 12.2. The highest BCUT2D eigenvalue weighted by molar-refractivity contribution is 7.15. The Morgan fingerprint density at radius 3 is 2.86 bits per heavy atom. The van der Waals surface area contributed by atoms with Crippen LogP contribution in [0.5, 0.6) is 0 Å². The lowest BCUT2D eigenvalue weighted by molar-refractivity contribution is 0.156. The number of hydrogen-bond donors (Lipinski definition) is 1. The Hall–Kier alpha value is -2.97. The smallest absolute Gasteiger partial charge is 0.411 e. The topological polar surface area (TPSA) is 81.9 Å². The number of benzene rings is 2. The van der Waals surface area contributed by atoms with E-state index in [-0.39, 0.29) is 6.61 Å². The van der Waals surface area contributed by atoms with Gasteiger partial charge in [0.15, 0.2) is 0 Å². The maximum Gasteiger partial charge on any atom is 0.411 e. The number of halogens is 1. The Labute approximate surface area is 176 Å². The number of fused-ring (bicyclic) bond motifs is 1. The van der Waals surface area contributed by atoms with Gasteiger partial charge in [-0.2, -0.15) is 0 Å². The monoisotopic (exact) mass is 427 g/mol. The molecular formula is C20H18ClN5O2S. The number of nitrogens with zero attached hydrogens (tertiary/aromatic N) is 4. The van der Waals surface area contributed by atoms with Crippen LogP contribution >= 0.6 is 22.9 Å². The first kappa shape index (κ1) is 19.4. The van der Waals surface area contributed by atoms with Gasteiger partial charge < -0.3 is 4.74 Å². The zero-order valence-corrected chi connectivity index (χ0v) is 17.6. The summed E-state index contributed by atoms with van der Waals surface area (Å²) < 4.78 is 7.06. The van der Waals surface area contributed by atoms with Crippen molar-refractivity contribution in [2.24, 2.45) is 7.05 Å². The SMILES string of the molecule is Cc1cc(Cl)ccc1-c1nc(C)c(COC(=O)Nc2ccc3c(c2)nnn3C)s1. The third-order valence-electron chi connectivity index (χ3n) is 4.50. The summed E-state index contributed by atoms with van der Waals surface area (Å²) in [6.07, 6.45) is -0.537. The Balaban J connectivity index is 1.43. The number of hydrogen-bond acceptors (Lipinski definition) is 6. The van der Waals surface area contributed by atoms with Crippen LogP contribution in [-0.2, 0) is 18.4 Å². The predicted octanol–water partition coefficient (Wildman–Crippen LogP) is 5.11. The summed E-state index contributed by atoms with van der Waals surface area (Å²) in [5.41, 5.74) is 5.10. The summed E-state index contributed by atoms with van der Waals surface area (Å²) in [6, 6.07) is 11.1. The van der Waals surface area contributed by atoms with Crippen molar-refractivity contribution in [3.63, 3.8) is 0 Å². The van der Waals surface area contributed by atoms with Crippen molar-refractivity contribution in [2.45, 2.75) is 20.5 Å². The van der Waals surface area contributed by atoms with Crippen LogP contribution in [0.2, 0.25) is 5.02 Å². The summed E-state index contributed by atoms with van der Waals surface area (Å²) in [5.74, 6) is 0. The highest BCUT2D eigenvalue weighted by Crippen LogP contribution is 2.32. The van der Waals surface area contributed by atoms with E-state index in [9.17, 15) is 4.79 Å². The number of thiazole rings is 1. The number of anilines is 1. The van der Waals surface area contributed by atoms with Crippen LogP contribution in [0.4, 0.5) is 10.5 Å². The van der Waals surface area contributed by atoms with Gasteiger partial charge in [-0.25, -0.2) is 14.5 Å². The summed E-state index contributed by atoms with van der Waals surface area (Å²) in [6.45, 7) is 4.05. The van der Waals surface area contributed by atoms with Crippen LogP contribution < -0.4 is 5.32 Å². The van der Waals surface area contributed by atoms with Crippen LogP contribution in [0.25, 0.3) is 21.6 Å². The molecule has 0 saturated heterocycles. The molecule has 148 valence electrons. The first-order valence-electron chi connectivity index (χ1n) is 8.87. The number of rotatable bonds is 4. The van der Waals surface area contributed by atoms with E-state index in [0.717, 1.165) is 32.2 Å². The van der Waals surface area contributed by atoms with E-state index in [1.165, 1.54) is 11.3 Å². The molecule has 4 aromatic rings. The normalized spacial score (nSPS) is 11.0. The zero-order valence-electron chi connectivity index (χ0n) is 16.1. The van der Waals surface area contributed by atoms with Crippen LogP contribution in [0.3, 0.4) is 0 Å². The zero-order chi connectivity index (χ0) is 20.5. The van der Waals surface area contributed by atoms with Gasteiger partial charge in [-0.05, 0) is 49.7 Å². The number of carbonyl (C=O) groups excluding carboxylic acids is 1. The molecule has 0 saturated carbocycles. The first-order chi connectivity index (χ1) is 13.9. The fraction of sp³-hybridized carbons (Fsp3) is 0.200. The molecule has 9 heteroatoms. The molecule has 0 aliphatic heterocycles. The average molecular weight is 428 g/mol. The predicted molar refractivity (Wildman–Crippen MR) is 114 cm³/mol. The number of aryl methyl sites for hydroxylation is 3. The van der Waals surface area contributed by atoms with E-state index in [2.05, 4.69) is 20.6 Å². The van der Waals surface area contributed by atoms with Crippen molar-refractivity contribution < 1.29 is 9.53 Å². The average Bonchev–Trinajstić information content (AvgIpc) is 3.22. The fourth-order valence-electron chi connectivity index (χ4n) is 2.95. The number of carbonyl (C=O) groups is 1. The summed E-state index contributed by atoms with van der Waals surface area (Å²) >= 11 is 7.54. The molecule has 2 heterocycles.